The van der Waals surface area contributed by atoms with Crippen LogP contribution in [0.25, 0.3) is 0 Å². The van der Waals surface area contributed by atoms with Gasteiger partial charge in [-0.2, -0.15) is 0 Å². The first-order valence-electron chi connectivity index (χ1n) is 13.7. The van der Waals surface area contributed by atoms with Crippen LogP contribution >= 0.6 is 0 Å². The Labute approximate surface area is 209 Å². The fourth-order valence-corrected chi connectivity index (χ4v) is 7.73. The number of likely N-dealkylation sites (tertiary alicyclic amines) is 1. The van der Waals surface area contributed by atoms with Crippen molar-refractivity contribution in [1.82, 2.24) is 4.90 Å². The van der Waals surface area contributed by atoms with Gasteiger partial charge in [0.15, 0.2) is 5.76 Å². The summed E-state index contributed by atoms with van der Waals surface area (Å²) in [5.74, 6) is 3.89. The largest absolute Gasteiger partial charge is 0.459 e. The van der Waals surface area contributed by atoms with E-state index in [-0.39, 0.29) is 11.3 Å². The van der Waals surface area contributed by atoms with Crippen LogP contribution in [0.15, 0.2) is 83.5 Å². The molecule has 6 rings (SSSR count). The van der Waals surface area contributed by atoms with Crippen molar-refractivity contribution >= 4 is 5.91 Å². The number of piperidine rings is 1. The van der Waals surface area contributed by atoms with Crippen LogP contribution in [0.1, 0.15) is 79.0 Å². The number of fused-ring (bicyclic) bond motifs is 2. The van der Waals surface area contributed by atoms with Crippen molar-refractivity contribution in [2.45, 2.75) is 62.7 Å². The van der Waals surface area contributed by atoms with E-state index in [4.69, 9.17) is 4.42 Å². The zero-order valence-electron chi connectivity index (χ0n) is 20.6. The average Bonchev–Trinajstić information content (AvgIpc) is 3.54. The molecule has 2 unspecified atom stereocenters. The quantitative estimate of drug-likeness (QED) is 0.377. The lowest BCUT2D eigenvalue weighted by Crippen LogP contribution is -2.45. The molecule has 0 N–H and O–H groups in total. The molecule has 1 aliphatic heterocycles. The zero-order valence-corrected chi connectivity index (χ0v) is 20.6. The number of furan rings is 1. The van der Waals surface area contributed by atoms with Crippen molar-refractivity contribution < 1.29 is 9.21 Å². The summed E-state index contributed by atoms with van der Waals surface area (Å²) < 4.78 is 5.39. The van der Waals surface area contributed by atoms with Gasteiger partial charge in [0.1, 0.15) is 0 Å². The van der Waals surface area contributed by atoms with Crippen molar-refractivity contribution in [3.63, 3.8) is 0 Å². The number of carbonyl (C=O) groups is 1. The Kier molecular flexibility index (Phi) is 6.26. The van der Waals surface area contributed by atoms with E-state index < -0.39 is 0 Å². The Morgan fingerprint density at radius 3 is 2.14 bits per heavy atom. The molecule has 2 bridgehead atoms. The topological polar surface area (TPSA) is 33.5 Å². The second kappa shape index (κ2) is 9.68. The number of amides is 1. The van der Waals surface area contributed by atoms with Crippen LogP contribution in [0.5, 0.6) is 0 Å². The van der Waals surface area contributed by atoms with E-state index in [0.717, 1.165) is 49.6 Å². The van der Waals surface area contributed by atoms with Gasteiger partial charge in [-0.05, 0) is 104 Å². The minimum atomic E-state index is 0.0361. The lowest BCUT2D eigenvalue weighted by Gasteiger charge is -2.44. The first-order chi connectivity index (χ1) is 17.2. The van der Waals surface area contributed by atoms with Crippen LogP contribution in [0.4, 0.5) is 0 Å². The minimum Gasteiger partial charge on any atom is -0.459 e. The third-order valence-corrected chi connectivity index (χ3v) is 9.65. The summed E-state index contributed by atoms with van der Waals surface area (Å²) in [6.07, 6.45) is 11.8. The summed E-state index contributed by atoms with van der Waals surface area (Å²) in [6, 6.07) is 26.0. The fraction of sp³-hybridized carbons (Fsp3) is 0.469. The lowest BCUT2D eigenvalue weighted by atomic mass is 9.64. The van der Waals surface area contributed by atoms with Gasteiger partial charge in [0.05, 0.1) is 6.26 Å². The lowest BCUT2D eigenvalue weighted by molar-refractivity contribution is 0.0613. The molecule has 1 saturated heterocycles. The first-order valence-corrected chi connectivity index (χ1v) is 13.7. The van der Waals surface area contributed by atoms with Crippen molar-refractivity contribution in [2.75, 3.05) is 13.1 Å². The number of hydrogen-bond donors (Lipinski definition) is 0. The summed E-state index contributed by atoms with van der Waals surface area (Å²) in [4.78, 5) is 14.9. The summed E-state index contributed by atoms with van der Waals surface area (Å²) in [6.45, 7) is 1.62. The molecule has 3 aliphatic rings. The monoisotopic (exact) mass is 467 g/mol. The van der Waals surface area contributed by atoms with Crippen molar-refractivity contribution in [2.24, 2.45) is 17.8 Å². The summed E-state index contributed by atoms with van der Waals surface area (Å²) in [7, 11) is 0. The molecular weight excluding hydrogens is 430 g/mol. The maximum Gasteiger partial charge on any atom is 0.289 e. The van der Waals surface area contributed by atoms with E-state index in [1.54, 1.807) is 24.0 Å². The molecule has 3 fully saturated rings. The molecule has 1 amide bonds. The number of rotatable bonds is 6. The van der Waals surface area contributed by atoms with Gasteiger partial charge in [-0.3, -0.25) is 4.79 Å². The van der Waals surface area contributed by atoms with Crippen LogP contribution in [0.3, 0.4) is 0 Å². The van der Waals surface area contributed by atoms with Gasteiger partial charge in [-0.15, -0.1) is 0 Å². The number of hydrogen-bond acceptors (Lipinski definition) is 2. The standard InChI is InChI=1S/C32H37NO2/c34-31(30-12-7-21-35-30)33-19-17-32(18-20-33,28-10-5-2-6-11-28)16-15-29-25-13-14-26(29)23-27(22-25)24-8-3-1-4-9-24/h1-12,21,25-27,29H,13-20,22-23H2/t25-,26+,27?,29?. The van der Waals surface area contributed by atoms with Crippen LogP contribution in [0, 0.1) is 17.8 Å². The van der Waals surface area contributed by atoms with Crippen LogP contribution < -0.4 is 0 Å². The minimum absolute atomic E-state index is 0.0361. The van der Waals surface area contributed by atoms with E-state index in [1.807, 2.05) is 4.90 Å². The highest BCUT2D eigenvalue weighted by molar-refractivity contribution is 5.91. The molecule has 4 atom stereocenters. The molecule has 2 aromatic carbocycles. The maximum atomic E-state index is 12.9. The van der Waals surface area contributed by atoms with Gasteiger partial charge in [-0.1, -0.05) is 60.7 Å². The summed E-state index contributed by atoms with van der Waals surface area (Å²) in [5.41, 5.74) is 3.20. The molecule has 2 aliphatic carbocycles. The Morgan fingerprint density at radius 2 is 1.51 bits per heavy atom. The van der Waals surface area contributed by atoms with Crippen LogP contribution in [-0.2, 0) is 5.41 Å². The van der Waals surface area contributed by atoms with Crippen LogP contribution in [0.2, 0.25) is 0 Å². The van der Waals surface area contributed by atoms with Crippen molar-refractivity contribution in [1.29, 1.82) is 0 Å². The Bertz CT molecular complexity index is 1080. The fourth-order valence-electron chi connectivity index (χ4n) is 7.73. The van der Waals surface area contributed by atoms with Gasteiger partial charge in [0, 0.05) is 13.1 Å². The molecule has 0 radical (unpaired) electrons. The highest BCUT2D eigenvalue weighted by Crippen LogP contribution is 2.55. The van der Waals surface area contributed by atoms with E-state index in [9.17, 15) is 4.79 Å². The predicted molar refractivity (Wildman–Crippen MR) is 139 cm³/mol. The Morgan fingerprint density at radius 1 is 0.857 bits per heavy atom. The van der Waals surface area contributed by atoms with Gasteiger partial charge >= 0.3 is 0 Å². The second-order valence-corrected chi connectivity index (χ2v) is 11.3. The third-order valence-electron chi connectivity index (χ3n) is 9.65. The number of benzene rings is 2. The molecule has 3 heteroatoms. The van der Waals surface area contributed by atoms with Crippen molar-refractivity contribution in [3.8, 4) is 0 Å². The number of carbonyl (C=O) groups excluding carboxylic acids is 1. The Hall–Kier alpha value is -2.81. The second-order valence-electron chi connectivity index (χ2n) is 11.3. The normalized spacial score (nSPS) is 27.6. The van der Waals surface area contributed by atoms with Gasteiger partial charge in [0.25, 0.3) is 5.91 Å². The molecule has 35 heavy (non-hydrogen) atoms. The predicted octanol–water partition coefficient (Wildman–Crippen LogP) is 7.45. The van der Waals surface area contributed by atoms with Gasteiger partial charge < -0.3 is 9.32 Å². The number of nitrogens with zero attached hydrogens (tertiary/aromatic N) is 1. The van der Waals surface area contributed by atoms with E-state index in [2.05, 4.69) is 60.7 Å². The third kappa shape index (κ3) is 4.46. The summed E-state index contributed by atoms with van der Waals surface area (Å²) in [5, 5.41) is 0. The highest BCUT2D eigenvalue weighted by atomic mass is 16.3. The SMILES string of the molecule is O=C(c1ccco1)N1CCC(CCC2[C@@H]3CC[C@H]2CC(c2ccccc2)C3)(c2ccccc2)CC1. The molecule has 1 aromatic heterocycles. The Balaban J connectivity index is 1.15. The maximum absolute atomic E-state index is 12.9. The molecular formula is C32H37NO2. The van der Waals surface area contributed by atoms with Crippen molar-refractivity contribution in [3.05, 3.63) is 95.9 Å². The molecule has 2 heterocycles. The van der Waals surface area contributed by atoms with Gasteiger partial charge in [-0.25, -0.2) is 0 Å². The summed E-state index contributed by atoms with van der Waals surface area (Å²) >= 11 is 0. The van der Waals surface area contributed by atoms with E-state index in [0.29, 0.717) is 5.76 Å². The molecule has 0 spiro atoms. The molecule has 3 aromatic rings. The zero-order chi connectivity index (χ0) is 23.7. The molecule has 2 saturated carbocycles. The van der Waals surface area contributed by atoms with Crippen LogP contribution in [-0.4, -0.2) is 23.9 Å². The van der Waals surface area contributed by atoms with Gasteiger partial charge in [0.2, 0.25) is 0 Å². The smallest absolute Gasteiger partial charge is 0.289 e. The average molecular weight is 468 g/mol. The van der Waals surface area contributed by atoms with E-state index >= 15 is 0 Å². The molecule has 182 valence electrons. The first kappa shape index (κ1) is 22.6. The highest BCUT2D eigenvalue weighted by Gasteiger charge is 2.45. The molecule has 3 nitrogen and oxygen atoms in total. The van der Waals surface area contributed by atoms with E-state index in [1.165, 1.54) is 44.1 Å².